The van der Waals surface area contributed by atoms with Crippen LogP contribution in [-0.2, 0) is 16.6 Å². The van der Waals surface area contributed by atoms with Gasteiger partial charge in [-0.05, 0) is 97.8 Å². The first-order valence-corrected chi connectivity index (χ1v) is 13.5. The molecule has 2 fully saturated rings. The quantitative estimate of drug-likeness (QED) is 0.402. The molecule has 1 aliphatic heterocycles. The number of fused-ring (bicyclic) bond motifs is 2. The number of halogens is 1. The number of benzene rings is 2. The van der Waals surface area contributed by atoms with Gasteiger partial charge in [-0.1, -0.05) is 23.4 Å². The zero-order valence-electron chi connectivity index (χ0n) is 20.6. The normalized spacial score (nSPS) is 22.3. The van der Waals surface area contributed by atoms with Gasteiger partial charge in [-0.25, -0.2) is 0 Å². The highest BCUT2D eigenvalue weighted by Crippen LogP contribution is 2.51. The lowest BCUT2D eigenvalue weighted by atomic mass is 9.81. The number of nitrogens with zero attached hydrogens (tertiary/aromatic N) is 3. The summed E-state index contributed by atoms with van der Waals surface area (Å²) in [5.74, 6) is 1.22. The van der Waals surface area contributed by atoms with Gasteiger partial charge in [0, 0.05) is 29.6 Å². The fraction of sp³-hybridized carbons (Fsp3) is 0.464. The van der Waals surface area contributed by atoms with Crippen LogP contribution in [0.15, 0.2) is 45.4 Å². The highest BCUT2D eigenvalue weighted by molar-refractivity contribution is 9.10. The number of aliphatic carboxylic acids is 1. The molecule has 2 aliphatic carbocycles. The van der Waals surface area contributed by atoms with E-state index in [0.717, 1.165) is 66.5 Å². The van der Waals surface area contributed by atoms with E-state index in [-0.39, 0.29) is 11.5 Å². The highest BCUT2D eigenvalue weighted by atomic mass is 79.9. The molecule has 1 spiro atoms. The Morgan fingerprint density at radius 1 is 1.22 bits per heavy atom. The average Bonchev–Trinajstić information content (AvgIpc) is 3.18. The standard InChI is InChI=1S/C28H30BrN3O4/c1-17(2)35-23-7-6-18(14-22(23)29)25-30-24(31-36-25)20-4-3-5-21-19(20)8-9-27(21)12-13-32(15-27)16-28(10-11-28)26(33)34/h3-7,14,17H,8-13,15-16H2,1-2H3,(H,33,34). The number of hydrogen-bond donors (Lipinski definition) is 1. The van der Waals surface area contributed by atoms with Crippen molar-refractivity contribution in [1.82, 2.24) is 15.0 Å². The molecule has 2 aromatic carbocycles. The van der Waals surface area contributed by atoms with Crippen LogP contribution in [0.1, 0.15) is 50.7 Å². The minimum absolute atomic E-state index is 0.0869. The zero-order valence-corrected chi connectivity index (χ0v) is 22.2. The summed E-state index contributed by atoms with van der Waals surface area (Å²) in [4.78, 5) is 18.8. The Kier molecular flexibility index (Phi) is 5.72. The molecule has 2 heterocycles. The molecular formula is C28H30BrN3O4. The minimum Gasteiger partial charge on any atom is -0.490 e. The van der Waals surface area contributed by atoms with Crippen molar-refractivity contribution in [1.29, 1.82) is 0 Å². The topological polar surface area (TPSA) is 88.7 Å². The van der Waals surface area contributed by atoms with E-state index < -0.39 is 11.4 Å². The Labute approximate surface area is 219 Å². The van der Waals surface area contributed by atoms with Gasteiger partial charge in [-0.15, -0.1) is 0 Å². The average molecular weight is 552 g/mol. The number of hydrogen-bond acceptors (Lipinski definition) is 6. The van der Waals surface area contributed by atoms with Crippen LogP contribution in [0.3, 0.4) is 0 Å². The molecule has 1 N–H and O–H groups in total. The van der Waals surface area contributed by atoms with Gasteiger partial charge >= 0.3 is 5.97 Å². The molecule has 0 amide bonds. The molecule has 1 saturated heterocycles. The molecule has 0 radical (unpaired) electrons. The largest absolute Gasteiger partial charge is 0.490 e. The SMILES string of the molecule is CC(C)Oc1ccc(-c2nc(-c3cccc4c3CCC43CCN(CC4(C(=O)O)CC4)C3)no2)cc1Br. The van der Waals surface area contributed by atoms with Crippen LogP contribution in [0.4, 0.5) is 0 Å². The lowest BCUT2D eigenvalue weighted by Crippen LogP contribution is -2.35. The summed E-state index contributed by atoms with van der Waals surface area (Å²) in [6, 6.07) is 12.2. The Balaban J connectivity index is 1.24. The summed E-state index contributed by atoms with van der Waals surface area (Å²) in [5, 5.41) is 14.0. The Morgan fingerprint density at radius 2 is 2.06 bits per heavy atom. The summed E-state index contributed by atoms with van der Waals surface area (Å²) in [6.07, 6.45) is 4.80. The molecule has 1 atom stereocenters. The van der Waals surface area contributed by atoms with Crippen molar-refractivity contribution in [3.05, 3.63) is 52.0 Å². The van der Waals surface area contributed by atoms with Gasteiger partial charge in [0.2, 0.25) is 5.82 Å². The molecule has 3 aromatic rings. The van der Waals surface area contributed by atoms with E-state index in [0.29, 0.717) is 18.3 Å². The lowest BCUT2D eigenvalue weighted by Gasteiger charge is -2.27. The van der Waals surface area contributed by atoms with E-state index in [4.69, 9.17) is 14.2 Å². The number of rotatable bonds is 7. The number of carbonyl (C=O) groups is 1. The van der Waals surface area contributed by atoms with Crippen LogP contribution in [0.5, 0.6) is 5.75 Å². The summed E-state index contributed by atoms with van der Waals surface area (Å²) in [7, 11) is 0. The van der Waals surface area contributed by atoms with Crippen molar-refractivity contribution in [3.63, 3.8) is 0 Å². The predicted molar refractivity (Wildman–Crippen MR) is 139 cm³/mol. The number of carboxylic acid groups (broad SMARTS) is 1. The minimum atomic E-state index is -0.639. The zero-order chi connectivity index (χ0) is 25.1. The first-order valence-electron chi connectivity index (χ1n) is 12.7. The van der Waals surface area contributed by atoms with E-state index in [1.54, 1.807) is 0 Å². The predicted octanol–water partition coefficient (Wildman–Crippen LogP) is 5.71. The molecular weight excluding hydrogens is 522 g/mol. The van der Waals surface area contributed by atoms with Gasteiger partial charge in [0.25, 0.3) is 5.89 Å². The molecule has 8 heteroatoms. The second kappa shape index (κ2) is 8.70. The maximum absolute atomic E-state index is 11.7. The second-order valence-corrected chi connectivity index (χ2v) is 11.7. The Hall–Kier alpha value is -2.71. The van der Waals surface area contributed by atoms with Crippen LogP contribution in [-0.4, -0.2) is 51.9 Å². The van der Waals surface area contributed by atoms with Gasteiger partial charge in [-0.2, -0.15) is 4.98 Å². The van der Waals surface area contributed by atoms with Crippen molar-refractivity contribution < 1.29 is 19.2 Å². The van der Waals surface area contributed by atoms with Crippen molar-refractivity contribution in [2.24, 2.45) is 5.41 Å². The molecule has 6 rings (SSSR count). The number of carboxylic acids is 1. The van der Waals surface area contributed by atoms with Crippen LogP contribution < -0.4 is 4.74 Å². The third-order valence-corrected chi connectivity index (χ3v) is 8.70. The molecule has 1 aromatic heterocycles. The lowest BCUT2D eigenvalue weighted by molar-refractivity contribution is -0.144. The summed E-state index contributed by atoms with van der Waals surface area (Å²) in [5.41, 5.74) is 4.11. The third-order valence-electron chi connectivity index (χ3n) is 8.08. The molecule has 1 unspecified atom stereocenters. The van der Waals surface area contributed by atoms with E-state index in [9.17, 15) is 9.90 Å². The fourth-order valence-corrected chi connectivity index (χ4v) is 6.50. The summed E-state index contributed by atoms with van der Waals surface area (Å²) >= 11 is 3.58. The van der Waals surface area contributed by atoms with E-state index in [2.05, 4.69) is 44.2 Å². The molecule has 1 saturated carbocycles. The van der Waals surface area contributed by atoms with Crippen LogP contribution in [0, 0.1) is 5.41 Å². The monoisotopic (exact) mass is 551 g/mol. The number of aromatic nitrogens is 2. The maximum atomic E-state index is 11.7. The van der Waals surface area contributed by atoms with Crippen molar-refractivity contribution in [3.8, 4) is 28.6 Å². The van der Waals surface area contributed by atoms with Crippen LogP contribution in [0.25, 0.3) is 22.8 Å². The van der Waals surface area contributed by atoms with Gasteiger partial charge in [0.05, 0.1) is 16.0 Å². The van der Waals surface area contributed by atoms with Gasteiger partial charge in [0.15, 0.2) is 0 Å². The van der Waals surface area contributed by atoms with E-state index >= 15 is 0 Å². The van der Waals surface area contributed by atoms with Crippen molar-refractivity contribution in [2.75, 3.05) is 19.6 Å². The Bertz CT molecular complexity index is 1330. The van der Waals surface area contributed by atoms with Crippen molar-refractivity contribution >= 4 is 21.9 Å². The first-order chi connectivity index (χ1) is 17.3. The second-order valence-electron chi connectivity index (χ2n) is 10.9. The molecule has 188 valence electrons. The summed E-state index contributed by atoms with van der Waals surface area (Å²) < 4.78 is 12.3. The molecule has 0 bridgehead atoms. The fourth-order valence-electron chi connectivity index (χ4n) is 6.03. The van der Waals surface area contributed by atoms with Crippen LogP contribution in [0.2, 0.25) is 0 Å². The van der Waals surface area contributed by atoms with Gasteiger partial charge in [0.1, 0.15) is 5.75 Å². The molecule has 7 nitrogen and oxygen atoms in total. The van der Waals surface area contributed by atoms with E-state index in [1.165, 1.54) is 11.1 Å². The maximum Gasteiger partial charge on any atom is 0.310 e. The smallest absolute Gasteiger partial charge is 0.310 e. The third kappa shape index (κ3) is 4.04. The number of likely N-dealkylation sites (tertiary alicyclic amines) is 1. The highest BCUT2D eigenvalue weighted by Gasteiger charge is 2.53. The molecule has 3 aliphatic rings. The van der Waals surface area contributed by atoms with Crippen LogP contribution >= 0.6 is 15.9 Å². The summed E-state index contributed by atoms with van der Waals surface area (Å²) in [6.45, 7) is 6.54. The number of ether oxygens (including phenoxy) is 1. The first kappa shape index (κ1) is 23.7. The van der Waals surface area contributed by atoms with E-state index in [1.807, 2.05) is 32.0 Å². The molecule has 36 heavy (non-hydrogen) atoms. The van der Waals surface area contributed by atoms with Gasteiger partial charge < -0.3 is 19.3 Å². The van der Waals surface area contributed by atoms with Crippen molar-refractivity contribution in [2.45, 2.75) is 57.5 Å². The van der Waals surface area contributed by atoms with Gasteiger partial charge in [-0.3, -0.25) is 4.79 Å². The Morgan fingerprint density at radius 3 is 2.78 bits per heavy atom.